The van der Waals surface area contributed by atoms with Gasteiger partial charge >= 0.3 is 0 Å². The fourth-order valence-electron chi connectivity index (χ4n) is 9.55. The lowest BCUT2D eigenvalue weighted by atomic mass is 9.80. The van der Waals surface area contributed by atoms with Crippen molar-refractivity contribution in [3.8, 4) is 55.6 Å². The molecule has 10 aromatic carbocycles. The highest BCUT2D eigenvalue weighted by atomic mass is 28.3. The summed E-state index contributed by atoms with van der Waals surface area (Å²) in [6.07, 6.45) is 0. The molecule has 0 amide bonds. The average molecular weight is 715 g/mol. The Morgan fingerprint density at radius 3 is 1.69 bits per heavy atom. The van der Waals surface area contributed by atoms with E-state index in [1.807, 2.05) is 0 Å². The zero-order valence-corrected chi connectivity index (χ0v) is 32.0. The van der Waals surface area contributed by atoms with Crippen molar-refractivity contribution < 1.29 is 0 Å². The molecular formula is C54H38Si. The third kappa shape index (κ3) is 4.90. The van der Waals surface area contributed by atoms with Crippen molar-refractivity contribution >= 4 is 61.5 Å². The zero-order chi connectivity index (χ0) is 36.7. The fraction of sp³-hybridized carbons (Fsp3) is 0.0370. The van der Waals surface area contributed by atoms with E-state index in [9.17, 15) is 0 Å². The van der Waals surface area contributed by atoms with Gasteiger partial charge in [-0.25, -0.2) is 0 Å². The van der Waals surface area contributed by atoms with Crippen LogP contribution in [-0.2, 0) is 0 Å². The van der Waals surface area contributed by atoms with E-state index in [1.165, 1.54) is 109 Å². The number of benzene rings is 10. The van der Waals surface area contributed by atoms with Crippen LogP contribution in [0.25, 0.3) is 98.7 Å². The van der Waals surface area contributed by atoms with Crippen LogP contribution in [0.1, 0.15) is 0 Å². The molecule has 0 fully saturated rings. The minimum absolute atomic E-state index is 1.23. The molecule has 0 N–H and O–H groups in total. The van der Waals surface area contributed by atoms with E-state index in [1.54, 1.807) is 0 Å². The van der Waals surface area contributed by atoms with Crippen molar-refractivity contribution in [1.29, 1.82) is 0 Å². The van der Waals surface area contributed by atoms with Crippen LogP contribution in [-0.4, -0.2) is 8.07 Å². The molecule has 0 radical (unpaired) electrons. The predicted molar refractivity (Wildman–Crippen MR) is 240 cm³/mol. The number of fused-ring (bicyclic) bond motifs is 7. The van der Waals surface area contributed by atoms with Gasteiger partial charge in [0.05, 0.1) is 0 Å². The van der Waals surface area contributed by atoms with Crippen LogP contribution in [0, 0.1) is 0 Å². The zero-order valence-electron chi connectivity index (χ0n) is 31.0. The highest BCUT2D eigenvalue weighted by Gasteiger charge is 2.38. The Bertz CT molecular complexity index is 3150. The van der Waals surface area contributed by atoms with Crippen LogP contribution in [0.2, 0.25) is 13.1 Å². The number of hydrogen-bond donors (Lipinski definition) is 0. The molecule has 0 unspecified atom stereocenters. The normalized spacial score (nSPS) is 13.1. The second-order valence-electron chi connectivity index (χ2n) is 15.6. The van der Waals surface area contributed by atoms with Crippen molar-refractivity contribution in [3.05, 3.63) is 194 Å². The van der Waals surface area contributed by atoms with Gasteiger partial charge in [-0.15, -0.1) is 0 Å². The third-order valence-electron chi connectivity index (χ3n) is 12.2. The van der Waals surface area contributed by atoms with Gasteiger partial charge in [-0.3, -0.25) is 0 Å². The average Bonchev–Trinajstić information content (AvgIpc) is 3.47. The fourth-order valence-corrected chi connectivity index (χ4v) is 12.6. The van der Waals surface area contributed by atoms with Crippen molar-refractivity contribution in [2.24, 2.45) is 0 Å². The maximum Gasteiger partial charge on any atom is 0.113 e. The SMILES string of the molecule is C[Si]1(C)c2ccccc2-c2cc3c(-c4c(-c5ccccc5)ccc5ccccc45)c4ccc(-c5ccc6ccccc6c5)cc4c(-c4ccccc4)c3cc21. The summed E-state index contributed by atoms with van der Waals surface area (Å²) < 4.78 is 0. The molecule has 1 heterocycles. The third-order valence-corrected chi connectivity index (χ3v) is 15.8. The lowest BCUT2D eigenvalue weighted by Gasteiger charge is -2.24. The van der Waals surface area contributed by atoms with Gasteiger partial charge in [0.15, 0.2) is 0 Å². The van der Waals surface area contributed by atoms with Crippen LogP contribution in [0.15, 0.2) is 194 Å². The molecule has 0 saturated carbocycles. The standard InChI is InChI=1S/C54H38Si/c1-55(2)50-24-14-13-23-44(50)46-33-48-49(34-51(46)55)52(38-19-7-4-8-20-38)47-32-41(40-26-25-35-15-9-10-21-39(35)31-40)28-30-45(47)54(48)53-42-22-12-11-18-37(42)27-29-43(53)36-16-5-3-6-17-36/h3-34H,1-2H3. The molecule has 10 aromatic rings. The Morgan fingerprint density at radius 2 is 0.873 bits per heavy atom. The minimum atomic E-state index is -1.98. The van der Waals surface area contributed by atoms with Gasteiger partial charge in [0, 0.05) is 0 Å². The van der Waals surface area contributed by atoms with Crippen LogP contribution in [0.3, 0.4) is 0 Å². The van der Waals surface area contributed by atoms with Gasteiger partial charge in [-0.05, 0) is 127 Å². The van der Waals surface area contributed by atoms with Crippen LogP contribution < -0.4 is 10.4 Å². The minimum Gasteiger partial charge on any atom is -0.0623 e. The maximum absolute atomic E-state index is 2.61. The lowest BCUT2D eigenvalue weighted by Crippen LogP contribution is -2.49. The van der Waals surface area contributed by atoms with Crippen molar-refractivity contribution in [2.75, 3.05) is 0 Å². The van der Waals surface area contributed by atoms with Crippen molar-refractivity contribution in [1.82, 2.24) is 0 Å². The topological polar surface area (TPSA) is 0 Å². The quantitative estimate of drug-likeness (QED) is 0.126. The molecule has 0 bridgehead atoms. The molecule has 0 saturated heterocycles. The lowest BCUT2D eigenvalue weighted by molar-refractivity contribution is 1.62. The molecule has 55 heavy (non-hydrogen) atoms. The summed E-state index contributed by atoms with van der Waals surface area (Å²) in [6, 6.07) is 72.8. The Balaban J connectivity index is 1.35. The van der Waals surface area contributed by atoms with Gasteiger partial charge in [-0.2, -0.15) is 0 Å². The van der Waals surface area contributed by atoms with Gasteiger partial charge in [0.1, 0.15) is 8.07 Å². The molecule has 0 atom stereocenters. The molecule has 0 nitrogen and oxygen atoms in total. The molecule has 11 rings (SSSR count). The summed E-state index contributed by atoms with van der Waals surface area (Å²) in [5.41, 5.74) is 12.9. The number of rotatable bonds is 4. The maximum atomic E-state index is 2.61. The Morgan fingerprint density at radius 1 is 0.273 bits per heavy atom. The second kappa shape index (κ2) is 12.2. The summed E-state index contributed by atoms with van der Waals surface area (Å²) in [5.74, 6) is 0. The first-order chi connectivity index (χ1) is 27.0. The van der Waals surface area contributed by atoms with Crippen LogP contribution in [0.5, 0.6) is 0 Å². The summed E-state index contributed by atoms with van der Waals surface area (Å²) in [7, 11) is -1.98. The van der Waals surface area contributed by atoms with Crippen molar-refractivity contribution in [2.45, 2.75) is 13.1 Å². The van der Waals surface area contributed by atoms with E-state index in [2.05, 4.69) is 207 Å². The first kappa shape index (κ1) is 31.9. The molecular weight excluding hydrogens is 677 g/mol. The summed E-state index contributed by atoms with van der Waals surface area (Å²) in [5, 5.41) is 13.3. The number of hydrogen-bond acceptors (Lipinski definition) is 0. The van der Waals surface area contributed by atoms with Crippen LogP contribution in [0.4, 0.5) is 0 Å². The molecule has 0 spiro atoms. The predicted octanol–water partition coefficient (Wildman–Crippen LogP) is 13.8. The molecule has 1 aliphatic heterocycles. The summed E-state index contributed by atoms with van der Waals surface area (Å²) in [6.45, 7) is 5.06. The molecule has 1 heteroatoms. The highest BCUT2D eigenvalue weighted by molar-refractivity contribution is 7.04. The summed E-state index contributed by atoms with van der Waals surface area (Å²) in [4.78, 5) is 0. The Kier molecular flexibility index (Phi) is 7.11. The highest BCUT2D eigenvalue weighted by Crippen LogP contribution is 2.50. The van der Waals surface area contributed by atoms with E-state index in [4.69, 9.17) is 0 Å². The first-order valence-electron chi connectivity index (χ1n) is 19.3. The summed E-state index contributed by atoms with van der Waals surface area (Å²) >= 11 is 0. The van der Waals surface area contributed by atoms with Gasteiger partial charge in [-0.1, -0.05) is 189 Å². The van der Waals surface area contributed by atoms with Crippen LogP contribution >= 0.6 is 0 Å². The molecule has 0 aromatic heterocycles. The van der Waals surface area contributed by atoms with Gasteiger partial charge in [0.2, 0.25) is 0 Å². The molecule has 0 aliphatic carbocycles. The Labute approximate surface area is 323 Å². The van der Waals surface area contributed by atoms with E-state index < -0.39 is 8.07 Å². The van der Waals surface area contributed by atoms with E-state index in [0.29, 0.717) is 0 Å². The Hall–Kier alpha value is -6.54. The largest absolute Gasteiger partial charge is 0.113 e. The van der Waals surface area contributed by atoms with Gasteiger partial charge < -0.3 is 0 Å². The van der Waals surface area contributed by atoms with E-state index in [-0.39, 0.29) is 0 Å². The van der Waals surface area contributed by atoms with Crippen molar-refractivity contribution in [3.63, 3.8) is 0 Å². The molecule has 258 valence electrons. The molecule has 1 aliphatic rings. The first-order valence-corrected chi connectivity index (χ1v) is 22.3. The smallest absolute Gasteiger partial charge is 0.0623 e. The monoisotopic (exact) mass is 714 g/mol. The second-order valence-corrected chi connectivity index (χ2v) is 20.0. The van der Waals surface area contributed by atoms with E-state index >= 15 is 0 Å². The van der Waals surface area contributed by atoms with Gasteiger partial charge in [0.25, 0.3) is 0 Å². The van der Waals surface area contributed by atoms with E-state index in [0.717, 1.165) is 0 Å².